The number of halogens is 8. The van der Waals surface area contributed by atoms with Gasteiger partial charge < -0.3 is 5.11 Å². The molecule has 0 aromatic carbocycles. The number of rotatable bonds is 1. The molecule has 2 atom stereocenters. The Labute approximate surface area is 94.1 Å². The first kappa shape index (κ1) is 13.7. The Morgan fingerprint density at radius 1 is 1.00 bits per heavy atom. The van der Waals surface area contributed by atoms with Crippen molar-refractivity contribution in [2.45, 2.75) is 22.1 Å². The lowest BCUT2D eigenvalue weighted by Gasteiger charge is -2.19. The summed E-state index contributed by atoms with van der Waals surface area (Å²) in [6, 6.07) is 0. The molecule has 0 bridgehead atoms. The van der Waals surface area contributed by atoms with Gasteiger partial charge in [0.2, 0.25) is 0 Å². The second-order valence-electron chi connectivity index (χ2n) is 3.19. The lowest BCUT2D eigenvalue weighted by Crippen LogP contribution is -2.40. The van der Waals surface area contributed by atoms with Gasteiger partial charge in [0.1, 0.15) is 5.92 Å². The number of carbonyl (C=O) groups is 1. The van der Waals surface area contributed by atoms with Gasteiger partial charge >= 0.3 is 18.3 Å². The minimum Gasteiger partial charge on any atom is -0.481 e. The largest absolute Gasteiger partial charge is 0.481 e. The minimum atomic E-state index is -5.57. The highest BCUT2D eigenvalue weighted by molar-refractivity contribution is 6.43. The van der Waals surface area contributed by atoms with E-state index in [4.69, 9.17) is 28.3 Å². The second-order valence-corrected chi connectivity index (χ2v) is 4.38. The molecule has 0 heterocycles. The Bertz CT molecular complexity index is 313. The first-order valence-corrected chi connectivity index (χ1v) is 4.31. The molecule has 2 unspecified atom stereocenters. The number of aliphatic carboxylic acids is 1. The van der Waals surface area contributed by atoms with Crippen molar-refractivity contribution in [3.05, 3.63) is 0 Å². The number of carboxylic acid groups (broad SMARTS) is 1. The second kappa shape index (κ2) is 3.10. The van der Waals surface area contributed by atoms with Crippen LogP contribution in [0.2, 0.25) is 0 Å². The smallest absolute Gasteiger partial charge is 0.410 e. The SMILES string of the molecule is O=C(O)C1C(Cl)(C(F)(F)F)C1(Cl)C(F)(F)F. The molecule has 0 aromatic rings. The standard InChI is InChI=1S/C6H2Cl2F6O2/c7-3(5(9,10)11)1(2(15)16)4(3,8)6(12,13)14/h1H,(H,15,16). The van der Waals surface area contributed by atoms with Crippen molar-refractivity contribution in [1.82, 2.24) is 0 Å². The van der Waals surface area contributed by atoms with Gasteiger partial charge in [-0.1, -0.05) is 0 Å². The molecule has 94 valence electrons. The van der Waals surface area contributed by atoms with Gasteiger partial charge in [0, 0.05) is 0 Å². The monoisotopic (exact) mass is 290 g/mol. The molecule has 0 amide bonds. The van der Waals surface area contributed by atoms with Gasteiger partial charge in [0.05, 0.1) is 0 Å². The van der Waals surface area contributed by atoms with E-state index >= 15 is 0 Å². The van der Waals surface area contributed by atoms with Crippen molar-refractivity contribution in [1.29, 1.82) is 0 Å². The van der Waals surface area contributed by atoms with Crippen molar-refractivity contribution < 1.29 is 36.2 Å². The van der Waals surface area contributed by atoms with E-state index in [-0.39, 0.29) is 0 Å². The van der Waals surface area contributed by atoms with Crippen LogP contribution in [0.1, 0.15) is 0 Å². The Balaban J connectivity index is 3.29. The van der Waals surface area contributed by atoms with Gasteiger partial charge in [-0.05, 0) is 0 Å². The number of hydrogen-bond acceptors (Lipinski definition) is 1. The molecule has 16 heavy (non-hydrogen) atoms. The molecular weight excluding hydrogens is 289 g/mol. The molecule has 0 spiro atoms. The summed E-state index contributed by atoms with van der Waals surface area (Å²) in [5.41, 5.74) is 0. The number of carboxylic acids is 1. The fourth-order valence-corrected chi connectivity index (χ4v) is 2.38. The van der Waals surface area contributed by atoms with E-state index in [2.05, 4.69) is 0 Å². The van der Waals surface area contributed by atoms with Crippen LogP contribution < -0.4 is 0 Å². The quantitative estimate of drug-likeness (QED) is 0.596. The lowest BCUT2D eigenvalue weighted by atomic mass is 10.3. The third kappa shape index (κ3) is 1.32. The third-order valence-corrected chi connectivity index (χ3v) is 3.87. The van der Waals surface area contributed by atoms with Crippen LogP contribution in [-0.4, -0.2) is 33.2 Å². The highest BCUT2D eigenvalue weighted by atomic mass is 35.5. The topological polar surface area (TPSA) is 37.3 Å². The molecule has 0 aromatic heterocycles. The Kier molecular flexibility index (Phi) is 2.65. The predicted molar refractivity (Wildman–Crippen MR) is 40.4 cm³/mol. The average Bonchev–Trinajstić information content (AvgIpc) is 2.49. The van der Waals surface area contributed by atoms with Crippen molar-refractivity contribution in [2.24, 2.45) is 5.92 Å². The third-order valence-electron chi connectivity index (χ3n) is 2.31. The molecule has 2 nitrogen and oxygen atoms in total. The zero-order chi connectivity index (χ0) is 13.2. The van der Waals surface area contributed by atoms with Crippen LogP contribution in [-0.2, 0) is 4.79 Å². The summed E-state index contributed by atoms with van der Waals surface area (Å²) in [6.07, 6.45) is -11.1. The van der Waals surface area contributed by atoms with E-state index in [9.17, 15) is 31.1 Å². The molecule has 10 heteroatoms. The van der Waals surface area contributed by atoms with Crippen LogP contribution >= 0.6 is 23.2 Å². The summed E-state index contributed by atoms with van der Waals surface area (Å²) in [5, 5.41) is 8.28. The molecule has 1 aliphatic carbocycles. The van der Waals surface area contributed by atoms with Crippen LogP contribution in [0.25, 0.3) is 0 Å². The molecule has 1 fully saturated rings. The minimum absolute atomic E-state index is 2.35. The summed E-state index contributed by atoms with van der Waals surface area (Å²) in [7, 11) is 0. The number of alkyl halides is 8. The van der Waals surface area contributed by atoms with Crippen LogP contribution in [0.15, 0.2) is 0 Å². The van der Waals surface area contributed by atoms with Crippen LogP contribution in [0, 0.1) is 5.92 Å². The highest BCUT2D eigenvalue weighted by Gasteiger charge is 2.97. The molecule has 1 N–H and O–H groups in total. The summed E-state index contributed by atoms with van der Waals surface area (Å²) < 4.78 is 73.7. The zero-order valence-corrected chi connectivity index (χ0v) is 8.47. The summed E-state index contributed by atoms with van der Waals surface area (Å²) in [6.45, 7) is 0. The Morgan fingerprint density at radius 3 is 1.31 bits per heavy atom. The van der Waals surface area contributed by atoms with Crippen molar-refractivity contribution in [2.75, 3.05) is 0 Å². The van der Waals surface area contributed by atoms with E-state index in [0.29, 0.717) is 0 Å². The summed E-state index contributed by atoms with van der Waals surface area (Å²) in [4.78, 5) is 2.27. The first-order chi connectivity index (χ1) is 6.82. The van der Waals surface area contributed by atoms with E-state index in [0.717, 1.165) is 0 Å². The molecule has 1 saturated carbocycles. The fraction of sp³-hybridized carbons (Fsp3) is 0.833. The Hall–Kier alpha value is -0.370. The maximum atomic E-state index is 12.3. The maximum absolute atomic E-state index is 12.3. The van der Waals surface area contributed by atoms with Crippen LogP contribution in [0.3, 0.4) is 0 Å². The van der Waals surface area contributed by atoms with Crippen LogP contribution in [0.5, 0.6) is 0 Å². The van der Waals surface area contributed by atoms with Gasteiger partial charge in [-0.25, -0.2) is 0 Å². The molecule has 1 rings (SSSR count). The molecule has 1 aliphatic rings. The van der Waals surface area contributed by atoms with E-state index in [1.54, 1.807) is 0 Å². The first-order valence-electron chi connectivity index (χ1n) is 3.56. The van der Waals surface area contributed by atoms with Crippen molar-refractivity contribution >= 4 is 29.2 Å². The summed E-state index contributed by atoms with van der Waals surface area (Å²) >= 11 is 9.43. The molecule has 0 saturated heterocycles. The van der Waals surface area contributed by atoms with Gasteiger partial charge in [-0.3, -0.25) is 4.79 Å². The normalized spacial score (nSPS) is 39.6. The van der Waals surface area contributed by atoms with Gasteiger partial charge in [-0.2, -0.15) is 26.3 Å². The average molecular weight is 291 g/mol. The Morgan fingerprint density at radius 2 is 1.25 bits per heavy atom. The predicted octanol–water partition coefficient (Wildman–Crippen LogP) is 2.78. The van der Waals surface area contributed by atoms with E-state index < -0.39 is 34.0 Å². The van der Waals surface area contributed by atoms with E-state index in [1.807, 2.05) is 0 Å². The zero-order valence-electron chi connectivity index (χ0n) is 6.96. The van der Waals surface area contributed by atoms with Gasteiger partial charge in [0.25, 0.3) is 0 Å². The van der Waals surface area contributed by atoms with Crippen molar-refractivity contribution in [3.8, 4) is 0 Å². The summed E-state index contributed by atoms with van der Waals surface area (Å²) in [5.74, 6) is -5.30. The van der Waals surface area contributed by atoms with Gasteiger partial charge in [-0.15, -0.1) is 23.2 Å². The lowest BCUT2D eigenvalue weighted by molar-refractivity contribution is -0.176. The van der Waals surface area contributed by atoms with E-state index in [1.165, 1.54) is 0 Å². The van der Waals surface area contributed by atoms with Crippen LogP contribution in [0.4, 0.5) is 26.3 Å². The fourth-order valence-electron chi connectivity index (χ4n) is 1.49. The highest BCUT2D eigenvalue weighted by Crippen LogP contribution is 2.75. The number of hydrogen-bond donors (Lipinski definition) is 1. The molecule has 0 radical (unpaired) electrons. The maximum Gasteiger partial charge on any atom is 0.410 e. The molecular formula is C6H2Cl2F6O2. The molecule has 0 aliphatic heterocycles. The van der Waals surface area contributed by atoms with Crippen molar-refractivity contribution in [3.63, 3.8) is 0 Å². The van der Waals surface area contributed by atoms with Gasteiger partial charge in [0.15, 0.2) is 9.75 Å².